The third-order valence-electron chi connectivity index (χ3n) is 3.56. The van der Waals surface area contributed by atoms with Crippen LogP contribution in [0.1, 0.15) is 45.1 Å². The van der Waals surface area contributed by atoms with Gasteiger partial charge >= 0.3 is 5.97 Å². The highest BCUT2D eigenvalue weighted by Crippen LogP contribution is 2.27. The Bertz CT molecular complexity index is 442. The van der Waals surface area contributed by atoms with Gasteiger partial charge < -0.3 is 10.1 Å². The van der Waals surface area contributed by atoms with E-state index in [4.69, 9.17) is 4.74 Å². The van der Waals surface area contributed by atoms with E-state index in [0.717, 1.165) is 18.4 Å². The van der Waals surface area contributed by atoms with Crippen molar-refractivity contribution < 1.29 is 13.9 Å². The van der Waals surface area contributed by atoms with Crippen LogP contribution in [0.25, 0.3) is 0 Å². The second-order valence-corrected chi connectivity index (χ2v) is 5.17. The summed E-state index contributed by atoms with van der Waals surface area (Å²) in [6.07, 6.45) is 3.16. The SMILES string of the molecule is CCCCC(CC)(Nc1cc(C)cc(F)c1)C(=O)OC. The quantitative estimate of drug-likeness (QED) is 0.766. The minimum absolute atomic E-state index is 0.296. The number of rotatable bonds is 7. The Balaban J connectivity index is 3.06. The summed E-state index contributed by atoms with van der Waals surface area (Å²) in [7, 11) is 1.39. The second-order valence-electron chi connectivity index (χ2n) is 5.17. The number of methoxy groups -OCH3 is 1. The van der Waals surface area contributed by atoms with E-state index >= 15 is 0 Å². The molecule has 0 spiro atoms. The summed E-state index contributed by atoms with van der Waals surface area (Å²) >= 11 is 0. The minimum atomic E-state index is -0.787. The zero-order valence-electron chi connectivity index (χ0n) is 12.8. The number of carbonyl (C=O) groups excluding carboxylic acids is 1. The van der Waals surface area contributed by atoms with E-state index in [0.29, 0.717) is 18.5 Å². The Morgan fingerprint density at radius 3 is 2.55 bits per heavy atom. The maximum absolute atomic E-state index is 13.5. The largest absolute Gasteiger partial charge is 0.467 e. The molecule has 0 aliphatic carbocycles. The molecule has 0 amide bonds. The van der Waals surface area contributed by atoms with Crippen molar-refractivity contribution in [3.05, 3.63) is 29.6 Å². The molecule has 1 unspecified atom stereocenters. The van der Waals surface area contributed by atoms with E-state index in [9.17, 15) is 9.18 Å². The van der Waals surface area contributed by atoms with Gasteiger partial charge in [-0.05, 0) is 43.5 Å². The van der Waals surface area contributed by atoms with Crippen LogP contribution in [0.3, 0.4) is 0 Å². The van der Waals surface area contributed by atoms with Crippen molar-refractivity contribution in [2.45, 2.75) is 52.0 Å². The molecule has 1 N–H and O–H groups in total. The first kappa shape index (κ1) is 16.5. The molecule has 0 heterocycles. The van der Waals surface area contributed by atoms with Gasteiger partial charge in [0.25, 0.3) is 0 Å². The third-order valence-corrected chi connectivity index (χ3v) is 3.56. The molecular weight excluding hydrogens is 257 g/mol. The lowest BCUT2D eigenvalue weighted by Gasteiger charge is -2.32. The summed E-state index contributed by atoms with van der Waals surface area (Å²) in [5.74, 6) is -0.603. The smallest absolute Gasteiger partial charge is 0.331 e. The van der Waals surface area contributed by atoms with Gasteiger partial charge in [0.15, 0.2) is 0 Å². The van der Waals surface area contributed by atoms with E-state index in [1.807, 2.05) is 19.9 Å². The van der Waals surface area contributed by atoms with Gasteiger partial charge in [-0.15, -0.1) is 0 Å². The molecule has 1 aromatic rings. The maximum Gasteiger partial charge on any atom is 0.331 e. The molecule has 0 aliphatic heterocycles. The first-order valence-electron chi connectivity index (χ1n) is 7.11. The van der Waals surface area contributed by atoms with Crippen molar-refractivity contribution in [3.63, 3.8) is 0 Å². The van der Waals surface area contributed by atoms with Crippen LogP contribution in [0.5, 0.6) is 0 Å². The molecule has 0 radical (unpaired) electrons. The fourth-order valence-corrected chi connectivity index (χ4v) is 2.38. The van der Waals surface area contributed by atoms with Crippen LogP contribution < -0.4 is 5.32 Å². The molecule has 4 heteroatoms. The zero-order chi connectivity index (χ0) is 15.2. The lowest BCUT2D eigenvalue weighted by Crippen LogP contribution is -2.46. The van der Waals surface area contributed by atoms with Crippen LogP contribution in [-0.2, 0) is 9.53 Å². The number of esters is 1. The van der Waals surface area contributed by atoms with Gasteiger partial charge in [0, 0.05) is 5.69 Å². The molecule has 0 bridgehead atoms. The third kappa shape index (κ3) is 3.95. The number of carbonyl (C=O) groups is 1. The van der Waals surface area contributed by atoms with E-state index < -0.39 is 5.54 Å². The highest BCUT2D eigenvalue weighted by atomic mass is 19.1. The lowest BCUT2D eigenvalue weighted by molar-refractivity contribution is -0.146. The van der Waals surface area contributed by atoms with Gasteiger partial charge in [-0.2, -0.15) is 0 Å². The molecule has 0 aromatic heterocycles. The normalized spacial score (nSPS) is 13.7. The van der Waals surface area contributed by atoms with Gasteiger partial charge in [-0.1, -0.05) is 26.7 Å². The summed E-state index contributed by atoms with van der Waals surface area (Å²) in [5, 5.41) is 3.19. The van der Waals surface area contributed by atoms with Crippen molar-refractivity contribution in [2.75, 3.05) is 12.4 Å². The van der Waals surface area contributed by atoms with Crippen LogP contribution >= 0.6 is 0 Å². The average molecular weight is 281 g/mol. The summed E-state index contributed by atoms with van der Waals surface area (Å²) in [6, 6.07) is 4.71. The van der Waals surface area contributed by atoms with Crippen molar-refractivity contribution >= 4 is 11.7 Å². The topological polar surface area (TPSA) is 38.3 Å². The van der Waals surface area contributed by atoms with E-state index in [2.05, 4.69) is 12.2 Å². The van der Waals surface area contributed by atoms with Crippen LogP contribution in [0.4, 0.5) is 10.1 Å². The first-order valence-corrected chi connectivity index (χ1v) is 7.11. The van der Waals surface area contributed by atoms with Gasteiger partial charge in [-0.25, -0.2) is 9.18 Å². The molecule has 0 fully saturated rings. The Kier molecular flexibility index (Phi) is 5.99. The Morgan fingerprint density at radius 1 is 1.35 bits per heavy atom. The average Bonchev–Trinajstić information content (AvgIpc) is 2.41. The Labute approximate surface area is 120 Å². The van der Waals surface area contributed by atoms with Gasteiger partial charge in [-0.3, -0.25) is 0 Å². The van der Waals surface area contributed by atoms with Crippen LogP contribution in [-0.4, -0.2) is 18.6 Å². The monoisotopic (exact) mass is 281 g/mol. The Hall–Kier alpha value is -1.58. The summed E-state index contributed by atoms with van der Waals surface area (Å²) in [4.78, 5) is 12.2. The number of benzene rings is 1. The zero-order valence-corrected chi connectivity index (χ0v) is 12.8. The predicted octanol–water partition coefficient (Wildman–Crippen LogP) is 4.06. The number of hydrogen-bond donors (Lipinski definition) is 1. The molecule has 3 nitrogen and oxygen atoms in total. The van der Waals surface area contributed by atoms with Crippen LogP contribution in [0.2, 0.25) is 0 Å². The first-order chi connectivity index (χ1) is 9.47. The number of hydrogen-bond acceptors (Lipinski definition) is 3. The number of nitrogens with one attached hydrogen (secondary N) is 1. The number of halogens is 1. The van der Waals surface area contributed by atoms with Gasteiger partial charge in [0.1, 0.15) is 11.4 Å². The summed E-state index contributed by atoms with van der Waals surface area (Å²) < 4.78 is 18.4. The van der Waals surface area contributed by atoms with Crippen molar-refractivity contribution in [1.29, 1.82) is 0 Å². The molecule has 0 aliphatic rings. The molecule has 0 saturated heterocycles. The highest BCUT2D eigenvalue weighted by molar-refractivity contribution is 5.84. The predicted molar refractivity (Wildman–Crippen MR) is 79.3 cm³/mol. The fraction of sp³-hybridized carbons (Fsp3) is 0.562. The van der Waals surface area contributed by atoms with Crippen molar-refractivity contribution in [2.24, 2.45) is 0 Å². The number of ether oxygens (including phenoxy) is 1. The van der Waals surface area contributed by atoms with Crippen LogP contribution in [0, 0.1) is 12.7 Å². The van der Waals surface area contributed by atoms with Crippen LogP contribution in [0.15, 0.2) is 18.2 Å². The van der Waals surface area contributed by atoms with E-state index in [1.165, 1.54) is 19.2 Å². The molecular formula is C16H24FNO2. The lowest BCUT2D eigenvalue weighted by atomic mass is 9.89. The molecule has 112 valence electrons. The molecule has 1 atom stereocenters. The van der Waals surface area contributed by atoms with E-state index in [-0.39, 0.29) is 11.8 Å². The maximum atomic E-state index is 13.5. The fourth-order valence-electron chi connectivity index (χ4n) is 2.38. The molecule has 0 saturated carbocycles. The Morgan fingerprint density at radius 2 is 2.05 bits per heavy atom. The number of unbranched alkanes of at least 4 members (excludes halogenated alkanes) is 1. The molecule has 20 heavy (non-hydrogen) atoms. The standard InChI is InChI=1S/C16H24FNO2/c1-5-7-8-16(6-2,15(19)20-4)18-14-10-12(3)9-13(17)11-14/h9-11,18H,5-8H2,1-4H3. The molecule has 1 rings (SSSR count). The summed E-state index contributed by atoms with van der Waals surface area (Å²) in [6.45, 7) is 5.84. The number of aryl methyl sites for hydroxylation is 1. The minimum Gasteiger partial charge on any atom is -0.467 e. The second kappa shape index (κ2) is 7.27. The molecule has 1 aromatic carbocycles. The van der Waals surface area contributed by atoms with Gasteiger partial charge in [0.2, 0.25) is 0 Å². The van der Waals surface area contributed by atoms with Crippen molar-refractivity contribution in [1.82, 2.24) is 0 Å². The van der Waals surface area contributed by atoms with Crippen molar-refractivity contribution in [3.8, 4) is 0 Å². The van der Waals surface area contributed by atoms with E-state index in [1.54, 1.807) is 0 Å². The number of anilines is 1. The van der Waals surface area contributed by atoms with Gasteiger partial charge in [0.05, 0.1) is 7.11 Å². The highest BCUT2D eigenvalue weighted by Gasteiger charge is 2.37. The summed E-state index contributed by atoms with van der Waals surface area (Å²) in [5.41, 5.74) is 0.647.